The van der Waals surface area contributed by atoms with Crippen molar-refractivity contribution >= 4 is 17.6 Å². The molecule has 3 amide bonds. The molecule has 2 heterocycles. The number of benzene rings is 1. The SMILES string of the molecule is O=C(Nc1ccc(F)cc1)N1CCN(C(=O)[C@H]2CCCO2)CC1. The van der Waals surface area contributed by atoms with Gasteiger partial charge in [0, 0.05) is 38.5 Å². The van der Waals surface area contributed by atoms with Crippen LogP contribution in [0.5, 0.6) is 0 Å². The average molecular weight is 321 g/mol. The van der Waals surface area contributed by atoms with E-state index in [1.54, 1.807) is 9.80 Å². The van der Waals surface area contributed by atoms with Crippen molar-refractivity contribution in [2.75, 3.05) is 38.1 Å². The second-order valence-corrected chi connectivity index (χ2v) is 5.75. The Morgan fingerprint density at radius 3 is 2.35 bits per heavy atom. The smallest absolute Gasteiger partial charge is 0.321 e. The van der Waals surface area contributed by atoms with Crippen LogP contribution in [0.1, 0.15) is 12.8 Å². The Morgan fingerprint density at radius 1 is 1.09 bits per heavy atom. The molecule has 0 radical (unpaired) electrons. The van der Waals surface area contributed by atoms with E-state index in [1.807, 2.05) is 0 Å². The van der Waals surface area contributed by atoms with Gasteiger partial charge in [-0.15, -0.1) is 0 Å². The third kappa shape index (κ3) is 3.79. The Hall–Kier alpha value is -2.15. The van der Waals surface area contributed by atoms with E-state index < -0.39 is 0 Å². The summed E-state index contributed by atoms with van der Waals surface area (Å²) in [7, 11) is 0. The molecular weight excluding hydrogens is 301 g/mol. The van der Waals surface area contributed by atoms with Gasteiger partial charge in [0.1, 0.15) is 11.9 Å². The van der Waals surface area contributed by atoms with Gasteiger partial charge in [0.2, 0.25) is 0 Å². The highest BCUT2D eigenvalue weighted by molar-refractivity contribution is 5.89. The molecule has 124 valence electrons. The predicted molar refractivity (Wildman–Crippen MR) is 82.5 cm³/mol. The number of urea groups is 1. The zero-order chi connectivity index (χ0) is 16.2. The van der Waals surface area contributed by atoms with Gasteiger partial charge in [-0.3, -0.25) is 4.79 Å². The minimum absolute atomic E-state index is 0.0288. The second-order valence-electron chi connectivity index (χ2n) is 5.75. The number of carbonyl (C=O) groups excluding carboxylic acids is 2. The average Bonchev–Trinajstić information content (AvgIpc) is 3.11. The fourth-order valence-electron chi connectivity index (χ4n) is 2.84. The van der Waals surface area contributed by atoms with Gasteiger partial charge in [-0.2, -0.15) is 0 Å². The number of ether oxygens (including phenoxy) is 1. The number of carbonyl (C=O) groups is 2. The van der Waals surface area contributed by atoms with Crippen LogP contribution >= 0.6 is 0 Å². The molecule has 1 N–H and O–H groups in total. The summed E-state index contributed by atoms with van der Waals surface area (Å²) in [6.45, 7) is 2.62. The van der Waals surface area contributed by atoms with Crippen LogP contribution in [0.3, 0.4) is 0 Å². The van der Waals surface area contributed by atoms with Crippen LogP contribution in [0.4, 0.5) is 14.9 Å². The maximum atomic E-state index is 12.9. The van der Waals surface area contributed by atoms with Crippen molar-refractivity contribution in [2.24, 2.45) is 0 Å². The molecule has 2 saturated heterocycles. The number of hydrogen-bond acceptors (Lipinski definition) is 3. The predicted octanol–water partition coefficient (Wildman–Crippen LogP) is 1.68. The van der Waals surface area contributed by atoms with E-state index in [4.69, 9.17) is 4.74 Å². The van der Waals surface area contributed by atoms with Gasteiger partial charge >= 0.3 is 6.03 Å². The summed E-state index contributed by atoms with van der Waals surface area (Å²) in [6, 6.07) is 5.40. The van der Waals surface area contributed by atoms with Crippen molar-refractivity contribution in [1.29, 1.82) is 0 Å². The first-order valence-corrected chi connectivity index (χ1v) is 7.85. The van der Waals surface area contributed by atoms with E-state index >= 15 is 0 Å². The Balaban J connectivity index is 1.49. The summed E-state index contributed by atoms with van der Waals surface area (Å²) < 4.78 is 18.3. The monoisotopic (exact) mass is 321 g/mol. The largest absolute Gasteiger partial charge is 0.368 e. The van der Waals surface area contributed by atoms with Gasteiger partial charge in [0.05, 0.1) is 0 Å². The topological polar surface area (TPSA) is 61.9 Å². The third-order valence-corrected chi connectivity index (χ3v) is 4.18. The summed E-state index contributed by atoms with van der Waals surface area (Å²) in [5, 5.41) is 2.73. The number of anilines is 1. The molecule has 0 aliphatic carbocycles. The fraction of sp³-hybridized carbons (Fsp3) is 0.500. The molecule has 0 bridgehead atoms. The number of nitrogens with one attached hydrogen (secondary N) is 1. The summed E-state index contributed by atoms with van der Waals surface area (Å²) in [5.41, 5.74) is 0.550. The molecule has 1 atom stereocenters. The molecule has 2 fully saturated rings. The molecule has 1 aromatic carbocycles. The molecule has 0 spiro atoms. The zero-order valence-electron chi connectivity index (χ0n) is 12.8. The lowest BCUT2D eigenvalue weighted by molar-refractivity contribution is -0.142. The van der Waals surface area contributed by atoms with Crippen molar-refractivity contribution < 1.29 is 18.7 Å². The van der Waals surface area contributed by atoms with Gasteiger partial charge in [-0.25, -0.2) is 9.18 Å². The minimum atomic E-state index is -0.343. The van der Waals surface area contributed by atoms with Crippen LogP contribution < -0.4 is 5.32 Å². The van der Waals surface area contributed by atoms with E-state index in [1.165, 1.54) is 24.3 Å². The molecule has 23 heavy (non-hydrogen) atoms. The molecule has 0 unspecified atom stereocenters. The molecule has 0 saturated carbocycles. The first kappa shape index (κ1) is 15.7. The molecule has 3 rings (SSSR count). The lowest BCUT2D eigenvalue weighted by Gasteiger charge is -2.35. The quantitative estimate of drug-likeness (QED) is 0.901. The van der Waals surface area contributed by atoms with Crippen LogP contribution in [-0.2, 0) is 9.53 Å². The van der Waals surface area contributed by atoms with Crippen molar-refractivity contribution in [3.63, 3.8) is 0 Å². The summed E-state index contributed by atoms with van der Waals surface area (Å²) in [5.74, 6) is -0.314. The molecular formula is C16H20FN3O3. The fourth-order valence-corrected chi connectivity index (χ4v) is 2.84. The highest BCUT2D eigenvalue weighted by Gasteiger charge is 2.31. The maximum Gasteiger partial charge on any atom is 0.321 e. The number of piperazine rings is 1. The van der Waals surface area contributed by atoms with Gasteiger partial charge in [-0.05, 0) is 37.1 Å². The van der Waals surface area contributed by atoms with E-state index in [0.717, 1.165) is 12.8 Å². The molecule has 0 aromatic heterocycles. The van der Waals surface area contributed by atoms with Crippen molar-refractivity contribution in [3.05, 3.63) is 30.1 Å². The van der Waals surface area contributed by atoms with E-state index in [-0.39, 0.29) is 23.9 Å². The van der Waals surface area contributed by atoms with E-state index in [9.17, 15) is 14.0 Å². The number of nitrogens with zero attached hydrogens (tertiary/aromatic N) is 2. The molecule has 2 aliphatic heterocycles. The molecule has 6 nitrogen and oxygen atoms in total. The highest BCUT2D eigenvalue weighted by Crippen LogP contribution is 2.16. The third-order valence-electron chi connectivity index (χ3n) is 4.18. The normalized spacial score (nSPS) is 21.3. The lowest BCUT2D eigenvalue weighted by Crippen LogP contribution is -2.53. The number of rotatable bonds is 2. The Bertz CT molecular complexity index is 564. The van der Waals surface area contributed by atoms with Crippen LogP contribution in [0.2, 0.25) is 0 Å². The van der Waals surface area contributed by atoms with Gasteiger partial charge < -0.3 is 19.9 Å². The second kappa shape index (κ2) is 6.95. The standard InChI is InChI=1S/C16H20FN3O3/c17-12-3-5-13(6-4-12)18-16(22)20-9-7-19(8-10-20)15(21)14-2-1-11-23-14/h3-6,14H,1-2,7-11H2,(H,18,22)/t14-/m1/s1. The Labute approximate surface area is 134 Å². The van der Waals surface area contributed by atoms with Gasteiger partial charge in [0.25, 0.3) is 5.91 Å². The van der Waals surface area contributed by atoms with Crippen molar-refractivity contribution in [1.82, 2.24) is 9.80 Å². The zero-order valence-corrected chi connectivity index (χ0v) is 12.8. The first-order valence-electron chi connectivity index (χ1n) is 7.85. The minimum Gasteiger partial charge on any atom is -0.368 e. The van der Waals surface area contributed by atoms with Crippen molar-refractivity contribution in [2.45, 2.75) is 18.9 Å². The van der Waals surface area contributed by atoms with Crippen LogP contribution in [0, 0.1) is 5.82 Å². The van der Waals surface area contributed by atoms with Gasteiger partial charge in [0.15, 0.2) is 0 Å². The van der Waals surface area contributed by atoms with Crippen molar-refractivity contribution in [3.8, 4) is 0 Å². The lowest BCUT2D eigenvalue weighted by atomic mass is 10.2. The summed E-state index contributed by atoms with van der Waals surface area (Å²) in [6.07, 6.45) is 1.40. The Morgan fingerprint density at radius 2 is 1.74 bits per heavy atom. The number of amides is 3. The molecule has 1 aromatic rings. The van der Waals surface area contributed by atoms with Crippen LogP contribution in [0.25, 0.3) is 0 Å². The maximum absolute atomic E-state index is 12.9. The Kier molecular flexibility index (Phi) is 4.76. The first-order chi connectivity index (χ1) is 11.1. The number of halogens is 1. The van der Waals surface area contributed by atoms with E-state index in [0.29, 0.717) is 38.5 Å². The van der Waals surface area contributed by atoms with Crippen LogP contribution in [0.15, 0.2) is 24.3 Å². The van der Waals surface area contributed by atoms with Gasteiger partial charge in [-0.1, -0.05) is 0 Å². The van der Waals surface area contributed by atoms with E-state index in [2.05, 4.69) is 5.32 Å². The summed E-state index contributed by atoms with van der Waals surface area (Å²) in [4.78, 5) is 27.8. The molecule has 2 aliphatic rings. The highest BCUT2D eigenvalue weighted by atomic mass is 19.1. The summed E-state index contributed by atoms with van der Waals surface area (Å²) >= 11 is 0. The number of hydrogen-bond donors (Lipinski definition) is 1. The molecule has 7 heteroatoms. The van der Waals surface area contributed by atoms with Crippen LogP contribution in [-0.4, -0.2) is 60.6 Å².